The number of hydrogen-bond donors (Lipinski definition) is 4. The summed E-state index contributed by atoms with van der Waals surface area (Å²) in [6.07, 6.45) is 0.414. The van der Waals surface area contributed by atoms with E-state index in [1.807, 2.05) is 91.0 Å². The molecule has 0 unspecified atom stereocenters. The highest BCUT2D eigenvalue weighted by Gasteiger charge is 2.55. The second-order valence-electron chi connectivity index (χ2n) is 13.9. The SMILES string of the molecule is Nc1nc(C(=NOC(c2ccccc2)(c2ccccc2)c2ccccc2)C(=O)N[C@@H]2C(=O)N3C(C(=O)O)=C(C(Cc4ccc([N+](=O)[O-])cc4)=C4CCNC4=O)CS[C@H]23)cs1. The lowest BCUT2D eigenvalue weighted by Gasteiger charge is -2.49. The third-order valence-corrected chi connectivity index (χ3v) is 12.4. The van der Waals surface area contributed by atoms with Crippen molar-refractivity contribution in [3.05, 3.63) is 181 Å². The molecule has 0 aliphatic carbocycles. The number of carbonyl (C=O) groups is 4. The van der Waals surface area contributed by atoms with E-state index in [1.54, 1.807) is 17.5 Å². The zero-order valence-electron chi connectivity index (χ0n) is 31.5. The molecule has 2 saturated heterocycles. The van der Waals surface area contributed by atoms with Gasteiger partial charge in [-0.3, -0.25) is 29.4 Å². The van der Waals surface area contributed by atoms with Crippen molar-refractivity contribution in [2.45, 2.75) is 29.9 Å². The van der Waals surface area contributed by atoms with Gasteiger partial charge in [0, 0.05) is 52.1 Å². The highest BCUT2D eigenvalue weighted by molar-refractivity contribution is 8.00. The molecule has 5 N–H and O–H groups in total. The van der Waals surface area contributed by atoms with Gasteiger partial charge in [0.25, 0.3) is 17.5 Å². The van der Waals surface area contributed by atoms with Crippen molar-refractivity contribution in [3.63, 3.8) is 0 Å². The predicted molar refractivity (Wildman–Crippen MR) is 224 cm³/mol. The quantitative estimate of drug-likeness (QED) is 0.0304. The standard InChI is InChI=1S/C43H35N7O8S2/c44-42-46-33(24-60-42)34(48-58-43(26-10-4-1-5-11-26,27-12-6-2-7-13-27)28-14-8-3-9-15-28)38(52)47-35-39(53)49-36(41(54)55)32(23-59-40(35)49)31(30-20-21-45-37(30)51)22-25-16-18-29(19-17-25)50(56)57/h1-19,24,35,40H,20-23H2,(H2,44,46)(H,45,51)(H,47,52)(H,54,55)/t35-,40-/m1/s1. The van der Waals surface area contributed by atoms with Crippen LogP contribution in [0.3, 0.4) is 0 Å². The molecule has 3 amide bonds. The number of aliphatic carboxylic acids is 1. The van der Waals surface area contributed by atoms with Crippen molar-refractivity contribution in [1.82, 2.24) is 20.5 Å². The van der Waals surface area contributed by atoms with Crippen molar-refractivity contribution < 1.29 is 34.0 Å². The summed E-state index contributed by atoms with van der Waals surface area (Å²) in [5.74, 6) is -3.15. The van der Waals surface area contributed by atoms with E-state index >= 15 is 0 Å². The van der Waals surface area contributed by atoms with Crippen LogP contribution in [0.5, 0.6) is 0 Å². The number of nitrogens with two attached hydrogens (primary N) is 1. The first-order chi connectivity index (χ1) is 29.1. The van der Waals surface area contributed by atoms with Gasteiger partial charge in [-0.15, -0.1) is 23.1 Å². The van der Waals surface area contributed by atoms with Crippen molar-refractivity contribution >= 4 is 63.3 Å². The normalized spacial score (nSPS) is 18.6. The van der Waals surface area contributed by atoms with E-state index in [4.69, 9.17) is 10.6 Å². The van der Waals surface area contributed by atoms with Crippen LogP contribution < -0.4 is 16.4 Å². The molecule has 60 heavy (non-hydrogen) atoms. The lowest BCUT2D eigenvalue weighted by molar-refractivity contribution is -0.384. The van der Waals surface area contributed by atoms with Gasteiger partial charge in [0.1, 0.15) is 22.8 Å². The van der Waals surface area contributed by atoms with E-state index in [1.165, 1.54) is 23.9 Å². The number of nitrogens with one attached hydrogen (secondary N) is 2. The number of oxime groups is 1. The first kappa shape index (κ1) is 39.7. The number of carbonyl (C=O) groups excluding carboxylic acids is 3. The lowest BCUT2D eigenvalue weighted by atomic mass is 9.80. The molecule has 4 heterocycles. The summed E-state index contributed by atoms with van der Waals surface area (Å²) in [4.78, 5) is 77.2. The number of β-lactam (4-membered cyclic amide) rings is 1. The summed E-state index contributed by atoms with van der Waals surface area (Å²) >= 11 is 2.32. The topological polar surface area (TPSA) is 219 Å². The summed E-state index contributed by atoms with van der Waals surface area (Å²) in [5.41, 5.74) is 7.92. The summed E-state index contributed by atoms with van der Waals surface area (Å²) in [7, 11) is 0. The monoisotopic (exact) mass is 841 g/mol. The molecule has 5 aromatic rings. The number of carboxylic acids is 1. The minimum absolute atomic E-state index is 0.0853. The predicted octanol–water partition coefficient (Wildman–Crippen LogP) is 5.14. The molecule has 8 rings (SSSR count). The molecule has 302 valence electrons. The van der Waals surface area contributed by atoms with Crippen LogP contribution in [0.1, 0.15) is 34.4 Å². The Bertz CT molecular complexity index is 2500. The van der Waals surface area contributed by atoms with Gasteiger partial charge in [-0.05, 0) is 29.6 Å². The Hall–Kier alpha value is -7.11. The van der Waals surface area contributed by atoms with E-state index in [0.717, 1.165) is 16.2 Å². The number of allylic oxidation sites excluding steroid dienone is 1. The smallest absolute Gasteiger partial charge is 0.352 e. The highest BCUT2D eigenvalue weighted by atomic mass is 32.2. The summed E-state index contributed by atoms with van der Waals surface area (Å²) in [6, 6.07) is 32.8. The molecule has 0 bridgehead atoms. The van der Waals surface area contributed by atoms with Crippen LogP contribution in [0.4, 0.5) is 10.8 Å². The summed E-state index contributed by atoms with van der Waals surface area (Å²) < 4.78 is 0. The third-order valence-electron chi connectivity index (χ3n) is 10.4. The molecule has 0 radical (unpaired) electrons. The van der Waals surface area contributed by atoms with Crippen LogP contribution >= 0.6 is 23.1 Å². The number of thiazole rings is 1. The van der Waals surface area contributed by atoms with E-state index in [2.05, 4.69) is 20.8 Å². The molecule has 17 heteroatoms. The maximum absolute atomic E-state index is 14.4. The minimum atomic E-state index is -1.39. The fourth-order valence-corrected chi connectivity index (χ4v) is 9.53. The number of rotatable bonds is 13. The van der Waals surface area contributed by atoms with E-state index in [0.29, 0.717) is 46.4 Å². The number of nitrogens with zero attached hydrogens (tertiary/aromatic N) is 4. The molecule has 1 aromatic heterocycles. The number of carboxylic acid groups (broad SMARTS) is 1. The zero-order valence-corrected chi connectivity index (χ0v) is 33.2. The first-order valence-corrected chi connectivity index (χ1v) is 20.6. The van der Waals surface area contributed by atoms with Crippen LogP contribution in [0, 0.1) is 10.1 Å². The van der Waals surface area contributed by atoms with E-state index < -0.39 is 39.7 Å². The molecule has 0 saturated carbocycles. The highest BCUT2D eigenvalue weighted by Crippen LogP contribution is 2.44. The number of benzene rings is 4. The molecule has 4 aromatic carbocycles. The largest absolute Gasteiger partial charge is 0.477 e. The van der Waals surface area contributed by atoms with Crippen LogP contribution in [0.2, 0.25) is 0 Å². The summed E-state index contributed by atoms with van der Waals surface area (Å²) in [6.45, 7) is 0.349. The number of nitro groups is 1. The number of anilines is 1. The van der Waals surface area contributed by atoms with Crippen LogP contribution in [0.15, 0.2) is 148 Å². The van der Waals surface area contributed by atoms with Crippen LogP contribution in [0.25, 0.3) is 0 Å². The van der Waals surface area contributed by atoms with Crippen molar-refractivity contribution in [2.24, 2.45) is 5.16 Å². The van der Waals surface area contributed by atoms with Gasteiger partial charge in [-0.2, -0.15) is 0 Å². The Balaban J connectivity index is 1.13. The number of thioether (sulfide) groups is 1. The van der Waals surface area contributed by atoms with Crippen molar-refractivity contribution in [1.29, 1.82) is 0 Å². The van der Waals surface area contributed by atoms with Gasteiger partial charge in [-0.25, -0.2) is 9.78 Å². The van der Waals surface area contributed by atoms with E-state index in [-0.39, 0.29) is 51.6 Å². The number of nitrogen functional groups attached to an aromatic ring is 1. The molecule has 2 atom stereocenters. The number of amides is 3. The molecular formula is C43H35N7O8S2. The lowest BCUT2D eigenvalue weighted by Crippen LogP contribution is -2.71. The van der Waals surface area contributed by atoms with Gasteiger partial charge in [0.2, 0.25) is 11.5 Å². The van der Waals surface area contributed by atoms with Crippen molar-refractivity contribution in [2.75, 3.05) is 18.0 Å². The van der Waals surface area contributed by atoms with E-state index in [9.17, 15) is 34.4 Å². The van der Waals surface area contributed by atoms with Gasteiger partial charge in [-0.1, -0.05) is 108 Å². The maximum atomic E-state index is 14.4. The summed E-state index contributed by atoms with van der Waals surface area (Å²) in [5, 5.41) is 32.8. The fraction of sp³-hybridized carbons (Fsp3) is 0.163. The molecule has 15 nitrogen and oxygen atoms in total. The number of nitro benzene ring substituents is 1. The average molecular weight is 842 g/mol. The third kappa shape index (κ3) is 7.39. The zero-order chi connectivity index (χ0) is 42.0. The van der Waals surface area contributed by atoms with Crippen LogP contribution in [-0.2, 0) is 36.0 Å². The molecule has 3 aliphatic rings. The molecular weight excluding hydrogens is 807 g/mol. The maximum Gasteiger partial charge on any atom is 0.352 e. The second-order valence-corrected chi connectivity index (χ2v) is 15.9. The number of hydrogen-bond acceptors (Lipinski definition) is 12. The van der Waals surface area contributed by atoms with Crippen molar-refractivity contribution in [3.8, 4) is 0 Å². The molecule has 2 fully saturated rings. The molecule has 3 aliphatic heterocycles. The molecule has 0 spiro atoms. The fourth-order valence-electron chi connectivity index (χ4n) is 7.60. The Morgan fingerprint density at radius 3 is 2.07 bits per heavy atom. The van der Waals surface area contributed by atoms with Crippen LogP contribution in [-0.4, -0.2) is 73.0 Å². The Morgan fingerprint density at radius 2 is 1.57 bits per heavy atom. The first-order valence-electron chi connectivity index (χ1n) is 18.7. The second kappa shape index (κ2) is 16.6. The van der Waals surface area contributed by atoms with Gasteiger partial charge in [0.15, 0.2) is 10.8 Å². The van der Waals surface area contributed by atoms with Gasteiger partial charge >= 0.3 is 5.97 Å². The number of non-ortho nitro benzene ring substituents is 1. The minimum Gasteiger partial charge on any atom is -0.477 e. The number of fused-ring (bicyclic) bond motifs is 1. The van der Waals surface area contributed by atoms with Gasteiger partial charge < -0.3 is 26.3 Å². The average Bonchev–Trinajstić information content (AvgIpc) is 3.91. The Kier molecular flexibility index (Phi) is 11.0. The Morgan fingerprint density at radius 1 is 0.967 bits per heavy atom. The van der Waals surface area contributed by atoms with Gasteiger partial charge in [0.05, 0.1) is 4.92 Å². The number of aromatic nitrogens is 1. The Labute approximate surface area is 350 Å².